The number of carbonyl (C=O) groups is 1. The first kappa shape index (κ1) is 21.4. The second kappa shape index (κ2) is 8.04. The molecule has 0 radical (unpaired) electrons. The predicted octanol–water partition coefficient (Wildman–Crippen LogP) is 6.29. The lowest BCUT2D eigenvalue weighted by Crippen LogP contribution is -2.21. The van der Waals surface area contributed by atoms with Gasteiger partial charge < -0.3 is 10.4 Å². The first-order valence-corrected chi connectivity index (χ1v) is 10.6. The number of rotatable bonds is 3. The third-order valence-electron chi connectivity index (χ3n) is 5.32. The average Bonchev–Trinajstić information content (AvgIpc) is 3.14. The number of anilines is 2. The molecule has 0 spiro atoms. The van der Waals surface area contributed by atoms with Gasteiger partial charge in [-0.15, -0.1) is 0 Å². The molecule has 164 valence electrons. The van der Waals surface area contributed by atoms with Gasteiger partial charge in [0.25, 0.3) is 0 Å². The smallest absolute Gasteiger partial charge is 0.324 e. The fraction of sp³-hybridized carbons (Fsp3) is 0.231. The van der Waals surface area contributed by atoms with Gasteiger partial charge in [-0.05, 0) is 49.2 Å². The van der Waals surface area contributed by atoms with E-state index in [1.165, 1.54) is 0 Å². The number of nitrogens with one attached hydrogen (secondary N) is 2. The zero-order valence-electron chi connectivity index (χ0n) is 19.0. The molecule has 0 aliphatic rings. The van der Waals surface area contributed by atoms with Gasteiger partial charge in [-0.3, -0.25) is 5.32 Å². The van der Waals surface area contributed by atoms with Crippen LogP contribution in [0.1, 0.15) is 37.6 Å². The molecule has 1 heterocycles. The zero-order chi connectivity index (χ0) is 23.0. The van der Waals surface area contributed by atoms with Crippen LogP contribution in [0.25, 0.3) is 16.5 Å². The van der Waals surface area contributed by atoms with Crippen LogP contribution in [0.15, 0.2) is 60.7 Å². The van der Waals surface area contributed by atoms with Crippen LogP contribution in [-0.4, -0.2) is 20.9 Å². The Bertz CT molecular complexity index is 1300. The van der Waals surface area contributed by atoms with Crippen molar-refractivity contribution < 1.29 is 9.90 Å². The molecule has 0 aliphatic heterocycles. The molecule has 3 N–H and O–H groups in total. The van der Waals surface area contributed by atoms with Gasteiger partial charge >= 0.3 is 6.03 Å². The van der Waals surface area contributed by atoms with Crippen LogP contribution in [0.4, 0.5) is 16.3 Å². The Labute approximate surface area is 187 Å². The number of aromatic hydroxyl groups is 1. The fourth-order valence-corrected chi connectivity index (χ4v) is 3.77. The first-order chi connectivity index (χ1) is 15.1. The van der Waals surface area contributed by atoms with Gasteiger partial charge in [0.1, 0.15) is 11.6 Å². The Morgan fingerprint density at radius 3 is 2.22 bits per heavy atom. The van der Waals surface area contributed by atoms with E-state index in [0.29, 0.717) is 16.9 Å². The Morgan fingerprint density at radius 2 is 1.56 bits per heavy atom. The number of hydrogen-bond acceptors (Lipinski definition) is 3. The number of hydrogen-bond donors (Lipinski definition) is 3. The lowest BCUT2D eigenvalue weighted by molar-refractivity contribution is 0.262. The standard InChI is InChI=1S/C26H28N4O2/c1-16-12-17(2)14-18(13-16)30-24(15-23(29-30)26(3,4)5)28-25(32)27-21-10-11-22(31)20-9-7-6-8-19(20)21/h6-15,31H,1-5H3,(H2,27,28,32). The summed E-state index contributed by atoms with van der Waals surface area (Å²) in [7, 11) is 0. The van der Waals surface area contributed by atoms with Crippen molar-refractivity contribution in [3.63, 3.8) is 0 Å². The Balaban J connectivity index is 1.69. The number of urea groups is 1. The normalized spacial score (nSPS) is 11.5. The number of nitrogens with zero attached hydrogens (tertiary/aromatic N) is 2. The number of amides is 2. The van der Waals surface area contributed by atoms with Gasteiger partial charge in [0.15, 0.2) is 0 Å². The summed E-state index contributed by atoms with van der Waals surface area (Å²) in [6.45, 7) is 10.4. The van der Waals surface area contributed by atoms with Gasteiger partial charge in [0.05, 0.1) is 17.1 Å². The summed E-state index contributed by atoms with van der Waals surface area (Å²) >= 11 is 0. The van der Waals surface area contributed by atoms with E-state index < -0.39 is 0 Å². The molecular formula is C26H28N4O2. The van der Waals surface area contributed by atoms with E-state index in [0.717, 1.165) is 27.9 Å². The van der Waals surface area contributed by atoms with E-state index in [1.54, 1.807) is 16.8 Å². The van der Waals surface area contributed by atoms with Crippen LogP contribution in [0, 0.1) is 13.8 Å². The molecule has 0 aliphatic carbocycles. The summed E-state index contributed by atoms with van der Waals surface area (Å²) in [5.74, 6) is 0.759. The number of phenols is 1. The summed E-state index contributed by atoms with van der Waals surface area (Å²) in [4.78, 5) is 13.0. The topological polar surface area (TPSA) is 79.2 Å². The second-order valence-electron chi connectivity index (χ2n) is 9.18. The lowest BCUT2D eigenvalue weighted by Gasteiger charge is -2.14. The van der Waals surface area contributed by atoms with Gasteiger partial charge in [-0.1, -0.05) is 51.1 Å². The van der Waals surface area contributed by atoms with Crippen LogP contribution in [0.5, 0.6) is 5.75 Å². The van der Waals surface area contributed by atoms with Crippen molar-refractivity contribution in [2.24, 2.45) is 0 Å². The molecular weight excluding hydrogens is 400 g/mol. The summed E-state index contributed by atoms with van der Waals surface area (Å²) in [5.41, 5.74) is 4.46. The highest BCUT2D eigenvalue weighted by atomic mass is 16.3. The van der Waals surface area contributed by atoms with Crippen molar-refractivity contribution in [1.82, 2.24) is 9.78 Å². The van der Waals surface area contributed by atoms with Gasteiger partial charge in [-0.2, -0.15) is 5.10 Å². The number of benzene rings is 3. The molecule has 3 aromatic carbocycles. The van der Waals surface area contributed by atoms with Crippen LogP contribution in [-0.2, 0) is 5.41 Å². The predicted molar refractivity (Wildman–Crippen MR) is 130 cm³/mol. The molecule has 0 atom stereocenters. The highest BCUT2D eigenvalue weighted by Gasteiger charge is 2.22. The molecule has 0 bridgehead atoms. The van der Waals surface area contributed by atoms with E-state index in [1.807, 2.05) is 56.3 Å². The van der Waals surface area contributed by atoms with E-state index in [2.05, 4.69) is 37.5 Å². The Morgan fingerprint density at radius 1 is 0.906 bits per heavy atom. The van der Waals surface area contributed by atoms with Gasteiger partial charge in [-0.25, -0.2) is 9.48 Å². The van der Waals surface area contributed by atoms with Crippen molar-refractivity contribution >= 4 is 28.3 Å². The highest BCUT2D eigenvalue weighted by Crippen LogP contribution is 2.31. The average molecular weight is 429 g/mol. The number of fused-ring (bicyclic) bond motifs is 1. The van der Waals surface area contributed by atoms with E-state index >= 15 is 0 Å². The Kier molecular flexibility index (Phi) is 5.38. The fourth-order valence-electron chi connectivity index (χ4n) is 3.77. The van der Waals surface area contributed by atoms with E-state index in [4.69, 9.17) is 5.10 Å². The number of carbonyl (C=O) groups excluding carboxylic acids is 1. The minimum absolute atomic E-state index is 0.175. The number of aryl methyl sites for hydroxylation is 2. The van der Waals surface area contributed by atoms with Crippen LogP contribution < -0.4 is 10.6 Å². The molecule has 0 fully saturated rings. The molecule has 4 rings (SSSR count). The van der Waals surface area contributed by atoms with Crippen molar-refractivity contribution in [1.29, 1.82) is 0 Å². The Hall–Kier alpha value is -3.80. The second-order valence-corrected chi connectivity index (χ2v) is 9.18. The van der Waals surface area contributed by atoms with Crippen LogP contribution in [0.3, 0.4) is 0 Å². The molecule has 6 nitrogen and oxygen atoms in total. The minimum atomic E-state index is -0.383. The maximum absolute atomic E-state index is 13.0. The third kappa shape index (κ3) is 4.30. The molecule has 0 saturated carbocycles. The maximum Gasteiger partial charge on any atom is 0.324 e. The molecule has 32 heavy (non-hydrogen) atoms. The quantitative estimate of drug-likeness (QED) is 0.336. The first-order valence-electron chi connectivity index (χ1n) is 10.6. The SMILES string of the molecule is Cc1cc(C)cc(-n2nc(C(C)(C)C)cc2NC(=O)Nc2ccc(O)c3ccccc23)c1. The summed E-state index contributed by atoms with van der Waals surface area (Å²) in [6, 6.07) is 18.4. The van der Waals surface area contributed by atoms with E-state index in [9.17, 15) is 9.90 Å². The van der Waals surface area contributed by atoms with Crippen molar-refractivity contribution in [2.75, 3.05) is 10.6 Å². The highest BCUT2D eigenvalue weighted by molar-refractivity contribution is 6.07. The van der Waals surface area contributed by atoms with Gasteiger partial charge in [0.2, 0.25) is 0 Å². The molecule has 4 aromatic rings. The molecule has 6 heteroatoms. The monoisotopic (exact) mass is 428 g/mol. The largest absolute Gasteiger partial charge is 0.507 e. The van der Waals surface area contributed by atoms with Crippen LogP contribution in [0.2, 0.25) is 0 Å². The lowest BCUT2D eigenvalue weighted by atomic mass is 9.92. The molecule has 2 amide bonds. The number of phenolic OH excluding ortho intramolecular Hbond substituents is 1. The summed E-state index contributed by atoms with van der Waals surface area (Å²) in [5, 5.41) is 22.2. The van der Waals surface area contributed by atoms with Gasteiger partial charge in [0, 0.05) is 22.3 Å². The van der Waals surface area contributed by atoms with Crippen LogP contribution >= 0.6 is 0 Å². The zero-order valence-corrected chi connectivity index (χ0v) is 19.0. The number of aromatic nitrogens is 2. The minimum Gasteiger partial charge on any atom is -0.507 e. The van der Waals surface area contributed by atoms with Crippen molar-refractivity contribution in [2.45, 2.75) is 40.0 Å². The molecule has 0 unspecified atom stereocenters. The molecule has 1 aromatic heterocycles. The molecule has 0 saturated heterocycles. The summed E-state index contributed by atoms with van der Waals surface area (Å²) in [6.07, 6.45) is 0. The maximum atomic E-state index is 13.0. The van der Waals surface area contributed by atoms with Crippen molar-refractivity contribution in [3.8, 4) is 11.4 Å². The van der Waals surface area contributed by atoms with E-state index in [-0.39, 0.29) is 17.2 Å². The van der Waals surface area contributed by atoms with Crippen molar-refractivity contribution in [3.05, 3.63) is 77.5 Å². The summed E-state index contributed by atoms with van der Waals surface area (Å²) < 4.78 is 1.77. The third-order valence-corrected chi connectivity index (χ3v) is 5.32.